The van der Waals surface area contributed by atoms with Crippen LogP contribution in [0.5, 0.6) is 0 Å². The highest BCUT2D eigenvalue weighted by atomic mass is 32.2. The molecule has 102 valence electrons. The van der Waals surface area contributed by atoms with Gasteiger partial charge in [0.25, 0.3) is 0 Å². The fraction of sp³-hybridized carbons (Fsp3) is 0.786. The summed E-state index contributed by atoms with van der Waals surface area (Å²) in [6.07, 6.45) is 4.47. The smallest absolute Gasteiger partial charge is 0.0666 e. The summed E-state index contributed by atoms with van der Waals surface area (Å²) in [6, 6.07) is 0.612. The van der Waals surface area contributed by atoms with E-state index in [4.69, 9.17) is 0 Å². The summed E-state index contributed by atoms with van der Waals surface area (Å²) in [5, 5.41) is 8.24. The van der Waals surface area contributed by atoms with Gasteiger partial charge in [0.2, 0.25) is 0 Å². The molecule has 1 fully saturated rings. The van der Waals surface area contributed by atoms with Crippen LogP contribution in [0.25, 0.3) is 0 Å². The maximum atomic E-state index is 4.50. The van der Waals surface area contributed by atoms with Gasteiger partial charge in [0, 0.05) is 37.1 Å². The van der Waals surface area contributed by atoms with E-state index in [1.165, 1.54) is 29.2 Å². The molecule has 0 aliphatic carbocycles. The Morgan fingerprint density at radius 3 is 3.00 bits per heavy atom. The Labute approximate surface area is 115 Å². The van der Waals surface area contributed by atoms with E-state index in [-0.39, 0.29) is 0 Å². The number of thioether (sulfide) groups is 1. The summed E-state index contributed by atoms with van der Waals surface area (Å²) >= 11 is 2.07. The van der Waals surface area contributed by atoms with Gasteiger partial charge in [-0.15, -0.1) is 0 Å². The summed E-state index contributed by atoms with van der Waals surface area (Å²) in [5.74, 6) is 2.53. The lowest BCUT2D eigenvalue weighted by atomic mass is 9.82. The van der Waals surface area contributed by atoms with Crippen molar-refractivity contribution >= 4 is 11.8 Å². The van der Waals surface area contributed by atoms with Gasteiger partial charge in [-0.2, -0.15) is 16.9 Å². The second kappa shape index (κ2) is 5.66. The second-order valence-electron chi connectivity index (χ2n) is 5.88. The van der Waals surface area contributed by atoms with E-state index in [1.807, 2.05) is 11.7 Å². The molecule has 4 heteroatoms. The molecule has 1 aliphatic heterocycles. The highest BCUT2D eigenvalue weighted by Crippen LogP contribution is 2.34. The molecule has 0 spiro atoms. The number of nitrogens with one attached hydrogen (secondary N) is 1. The number of hydrogen-bond acceptors (Lipinski definition) is 3. The molecule has 0 saturated carbocycles. The third-order valence-electron chi connectivity index (χ3n) is 3.98. The van der Waals surface area contributed by atoms with Gasteiger partial charge in [-0.25, -0.2) is 0 Å². The normalized spacial score (nSPS) is 23.2. The van der Waals surface area contributed by atoms with E-state index in [0.717, 1.165) is 13.0 Å². The van der Waals surface area contributed by atoms with Gasteiger partial charge in [0.1, 0.15) is 0 Å². The molecule has 1 atom stereocenters. The fourth-order valence-electron chi connectivity index (χ4n) is 2.53. The van der Waals surface area contributed by atoms with Crippen LogP contribution >= 0.6 is 11.8 Å². The SMILES string of the molecule is CCc1nn(C)cc1CNC1CSCCC1(C)C. The van der Waals surface area contributed by atoms with Gasteiger partial charge in [0.05, 0.1) is 5.69 Å². The number of rotatable bonds is 4. The zero-order valence-electron chi connectivity index (χ0n) is 12.0. The molecule has 1 aromatic heterocycles. The summed E-state index contributed by atoms with van der Waals surface area (Å²) in [4.78, 5) is 0. The van der Waals surface area contributed by atoms with Gasteiger partial charge in [-0.3, -0.25) is 4.68 Å². The van der Waals surface area contributed by atoms with Gasteiger partial charge in [-0.1, -0.05) is 20.8 Å². The van der Waals surface area contributed by atoms with Crippen LogP contribution in [0, 0.1) is 5.41 Å². The van der Waals surface area contributed by atoms with Crippen LogP contribution in [0.3, 0.4) is 0 Å². The highest BCUT2D eigenvalue weighted by Gasteiger charge is 2.32. The van der Waals surface area contributed by atoms with Crippen molar-refractivity contribution in [2.24, 2.45) is 12.5 Å². The van der Waals surface area contributed by atoms with Crippen LogP contribution in [-0.4, -0.2) is 27.3 Å². The Hall–Kier alpha value is -0.480. The molecular formula is C14H25N3S. The van der Waals surface area contributed by atoms with Crippen molar-refractivity contribution in [1.29, 1.82) is 0 Å². The van der Waals surface area contributed by atoms with E-state index >= 15 is 0 Å². The van der Waals surface area contributed by atoms with Gasteiger partial charge in [0.15, 0.2) is 0 Å². The van der Waals surface area contributed by atoms with E-state index in [2.05, 4.69) is 49.1 Å². The van der Waals surface area contributed by atoms with Crippen LogP contribution in [0.4, 0.5) is 0 Å². The number of aromatic nitrogens is 2. The quantitative estimate of drug-likeness (QED) is 0.909. The number of hydrogen-bond donors (Lipinski definition) is 1. The maximum absolute atomic E-state index is 4.50. The molecule has 0 amide bonds. The molecule has 2 heterocycles. The molecule has 1 aliphatic rings. The summed E-state index contributed by atoms with van der Waals surface area (Å²) in [7, 11) is 2.00. The van der Waals surface area contributed by atoms with Crippen LogP contribution < -0.4 is 5.32 Å². The Balaban J connectivity index is 1.98. The largest absolute Gasteiger partial charge is 0.308 e. The first-order valence-electron chi connectivity index (χ1n) is 6.85. The Morgan fingerprint density at radius 2 is 2.33 bits per heavy atom. The summed E-state index contributed by atoms with van der Waals surface area (Å²) in [5.41, 5.74) is 3.00. The van der Waals surface area contributed by atoms with Crippen molar-refractivity contribution in [2.75, 3.05) is 11.5 Å². The highest BCUT2D eigenvalue weighted by molar-refractivity contribution is 7.99. The molecule has 1 saturated heterocycles. The van der Waals surface area contributed by atoms with Crippen LogP contribution in [-0.2, 0) is 20.0 Å². The Kier molecular flexibility index (Phi) is 4.38. The van der Waals surface area contributed by atoms with Crippen molar-refractivity contribution in [3.05, 3.63) is 17.5 Å². The molecule has 0 radical (unpaired) electrons. The number of aryl methyl sites for hydroxylation is 2. The first-order chi connectivity index (χ1) is 8.53. The maximum Gasteiger partial charge on any atom is 0.0666 e. The first-order valence-corrected chi connectivity index (χ1v) is 8.01. The molecule has 0 bridgehead atoms. The lowest BCUT2D eigenvalue weighted by Crippen LogP contribution is -2.46. The van der Waals surface area contributed by atoms with Gasteiger partial charge < -0.3 is 5.32 Å². The minimum atomic E-state index is 0.417. The van der Waals surface area contributed by atoms with E-state index < -0.39 is 0 Å². The monoisotopic (exact) mass is 267 g/mol. The van der Waals surface area contributed by atoms with Crippen LogP contribution in [0.1, 0.15) is 38.4 Å². The van der Waals surface area contributed by atoms with Crippen LogP contribution in [0.2, 0.25) is 0 Å². The Morgan fingerprint density at radius 1 is 1.56 bits per heavy atom. The zero-order chi connectivity index (χ0) is 13.2. The first kappa shape index (κ1) is 13.9. The number of nitrogens with zero attached hydrogens (tertiary/aromatic N) is 2. The standard InChI is InChI=1S/C14H25N3S/c1-5-12-11(9-17(4)16-12)8-15-13-10-18-7-6-14(13,2)3/h9,13,15H,5-8,10H2,1-4H3. The zero-order valence-corrected chi connectivity index (χ0v) is 12.8. The molecule has 3 nitrogen and oxygen atoms in total. The van der Waals surface area contributed by atoms with E-state index in [0.29, 0.717) is 11.5 Å². The average Bonchev–Trinajstić information content (AvgIpc) is 2.68. The van der Waals surface area contributed by atoms with Crippen molar-refractivity contribution in [3.8, 4) is 0 Å². The molecule has 1 unspecified atom stereocenters. The van der Waals surface area contributed by atoms with Crippen molar-refractivity contribution < 1.29 is 0 Å². The minimum absolute atomic E-state index is 0.417. The molecule has 1 N–H and O–H groups in total. The topological polar surface area (TPSA) is 29.9 Å². The molecular weight excluding hydrogens is 242 g/mol. The van der Waals surface area contributed by atoms with Crippen molar-refractivity contribution in [2.45, 2.75) is 46.2 Å². The van der Waals surface area contributed by atoms with Crippen LogP contribution in [0.15, 0.2) is 6.20 Å². The lowest BCUT2D eigenvalue weighted by Gasteiger charge is -2.38. The van der Waals surface area contributed by atoms with Crippen molar-refractivity contribution in [1.82, 2.24) is 15.1 Å². The Bertz CT molecular complexity index is 398. The summed E-state index contributed by atoms with van der Waals surface area (Å²) in [6.45, 7) is 7.89. The molecule has 18 heavy (non-hydrogen) atoms. The molecule has 0 aromatic carbocycles. The third-order valence-corrected chi connectivity index (χ3v) is 5.05. The predicted octanol–water partition coefficient (Wildman–Crippen LogP) is 2.60. The van der Waals surface area contributed by atoms with E-state index in [1.54, 1.807) is 0 Å². The average molecular weight is 267 g/mol. The van der Waals surface area contributed by atoms with Gasteiger partial charge in [-0.05, 0) is 24.0 Å². The lowest BCUT2D eigenvalue weighted by molar-refractivity contribution is 0.244. The summed E-state index contributed by atoms with van der Waals surface area (Å²) < 4.78 is 1.93. The second-order valence-corrected chi connectivity index (χ2v) is 7.03. The van der Waals surface area contributed by atoms with Gasteiger partial charge >= 0.3 is 0 Å². The fourth-order valence-corrected chi connectivity index (χ4v) is 4.18. The van der Waals surface area contributed by atoms with E-state index in [9.17, 15) is 0 Å². The third kappa shape index (κ3) is 3.09. The minimum Gasteiger partial charge on any atom is -0.308 e. The molecule has 1 aromatic rings. The predicted molar refractivity (Wildman–Crippen MR) is 78.9 cm³/mol. The molecule has 2 rings (SSSR count). The van der Waals surface area contributed by atoms with Crippen molar-refractivity contribution in [3.63, 3.8) is 0 Å².